The molecule has 0 aliphatic carbocycles. The molecule has 2 atom stereocenters. The number of hydrogen-bond donors (Lipinski definition) is 2. The summed E-state index contributed by atoms with van der Waals surface area (Å²) in [5.74, 6) is 0.0474. The Morgan fingerprint density at radius 3 is 2.62 bits per heavy atom. The van der Waals surface area contributed by atoms with E-state index in [2.05, 4.69) is 6.58 Å². The van der Waals surface area contributed by atoms with E-state index in [9.17, 15) is 15.0 Å². The average Bonchev–Trinajstić information content (AvgIpc) is 2.96. The number of benzene rings is 2. The molecule has 0 radical (unpaired) electrons. The van der Waals surface area contributed by atoms with Gasteiger partial charge in [0.2, 0.25) is 12.3 Å². The van der Waals surface area contributed by atoms with Crippen molar-refractivity contribution in [2.45, 2.75) is 39.1 Å². The zero-order chi connectivity index (χ0) is 30.3. The van der Waals surface area contributed by atoms with Gasteiger partial charge in [0.15, 0.2) is 0 Å². The number of para-hydroxylation sites is 1. The molecule has 11 heteroatoms. The van der Waals surface area contributed by atoms with Gasteiger partial charge in [-0.15, -0.1) is 0 Å². The molecule has 5 rings (SSSR count). The number of aromatic hydroxyl groups is 1. The number of anilines is 2. The van der Waals surface area contributed by atoms with Gasteiger partial charge in [0.1, 0.15) is 29.0 Å². The molecule has 1 amide bonds. The second-order valence-corrected chi connectivity index (χ2v) is 11.0. The molecule has 0 saturated carbocycles. The number of hydrogen-bond acceptors (Lipinski definition) is 8. The van der Waals surface area contributed by atoms with Crippen molar-refractivity contribution in [3.05, 3.63) is 77.1 Å². The standard InChI is InChI=1S/C31H33ClFN5O4/c1-6-25(40)36-13-14-37(18(4)16-36)29-20-15-21(32)27(26-22(33)10-8-11-23(26)39)34-30(20)38(31(41)35-29)28-19(17(2)3)9-7-12-24(28)42-5/h6-12,15,17-18,31,39,41H,1,13-14,16H2,2-5H3/t18-,31?/m0/s1. The first-order chi connectivity index (χ1) is 20.1. The average molecular weight is 594 g/mol. The number of rotatable bonds is 5. The predicted molar refractivity (Wildman–Crippen MR) is 161 cm³/mol. The zero-order valence-corrected chi connectivity index (χ0v) is 24.6. The number of aliphatic imine (C=N–C) groups is 1. The maximum absolute atomic E-state index is 15.1. The number of aliphatic hydroxyl groups is 1. The highest BCUT2D eigenvalue weighted by molar-refractivity contribution is 6.33. The molecule has 9 nitrogen and oxygen atoms in total. The highest BCUT2D eigenvalue weighted by Crippen LogP contribution is 2.46. The Kier molecular flexibility index (Phi) is 8.12. The van der Waals surface area contributed by atoms with Crippen LogP contribution in [0.5, 0.6) is 11.5 Å². The first-order valence-electron chi connectivity index (χ1n) is 13.7. The largest absolute Gasteiger partial charge is 0.507 e. The van der Waals surface area contributed by atoms with Crippen molar-refractivity contribution in [2.75, 3.05) is 31.6 Å². The number of fused-ring (bicyclic) bond motifs is 1. The first-order valence-corrected chi connectivity index (χ1v) is 14.0. The molecule has 1 fully saturated rings. The number of phenolic OH excluding ortho intramolecular Hbond substituents is 1. The number of aliphatic hydroxyl groups excluding tert-OH is 1. The van der Waals surface area contributed by atoms with Gasteiger partial charge in [-0.3, -0.25) is 9.69 Å². The van der Waals surface area contributed by atoms with Crippen LogP contribution < -0.4 is 9.64 Å². The van der Waals surface area contributed by atoms with Crippen LogP contribution in [0.25, 0.3) is 11.3 Å². The molecule has 2 N–H and O–H groups in total. The molecular formula is C31H33ClFN5O4. The van der Waals surface area contributed by atoms with E-state index in [0.717, 1.165) is 5.56 Å². The molecule has 3 aromatic rings. The van der Waals surface area contributed by atoms with E-state index < -0.39 is 12.2 Å². The van der Waals surface area contributed by atoms with Crippen LogP contribution in [0.4, 0.5) is 15.9 Å². The molecule has 2 aromatic carbocycles. The number of amidine groups is 1. The Bertz CT molecular complexity index is 1560. The van der Waals surface area contributed by atoms with Gasteiger partial charge in [-0.05, 0) is 48.7 Å². The Labute approximate surface area is 249 Å². The van der Waals surface area contributed by atoms with E-state index in [4.69, 9.17) is 26.3 Å². The van der Waals surface area contributed by atoms with Gasteiger partial charge >= 0.3 is 0 Å². The molecule has 220 valence electrons. The fourth-order valence-corrected chi connectivity index (χ4v) is 5.82. The van der Waals surface area contributed by atoms with Crippen LogP contribution in [-0.2, 0) is 4.79 Å². The van der Waals surface area contributed by atoms with Gasteiger partial charge < -0.3 is 24.7 Å². The molecule has 42 heavy (non-hydrogen) atoms. The Morgan fingerprint density at radius 1 is 1.24 bits per heavy atom. The summed E-state index contributed by atoms with van der Waals surface area (Å²) in [6.45, 7) is 10.9. The van der Waals surface area contributed by atoms with Crippen LogP contribution in [0.2, 0.25) is 5.02 Å². The molecule has 1 saturated heterocycles. The minimum atomic E-state index is -1.43. The highest BCUT2D eigenvalue weighted by Gasteiger charge is 2.38. The smallest absolute Gasteiger partial charge is 0.246 e. The summed E-state index contributed by atoms with van der Waals surface area (Å²) in [5.41, 5.74) is 1.79. The minimum absolute atomic E-state index is 0.0138. The number of pyridine rings is 1. The number of aromatic nitrogens is 1. The molecular weight excluding hydrogens is 561 g/mol. The number of piperazine rings is 1. The van der Waals surface area contributed by atoms with Crippen molar-refractivity contribution in [3.8, 4) is 22.8 Å². The van der Waals surface area contributed by atoms with Crippen molar-refractivity contribution in [2.24, 2.45) is 4.99 Å². The van der Waals surface area contributed by atoms with Gasteiger partial charge in [0.25, 0.3) is 0 Å². The lowest BCUT2D eigenvalue weighted by Crippen LogP contribution is -2.56. The molecule has 3 heterocycles. The quantitative estimate of drug-likeness (QED) is 0.389. The summed E-state index contributed by atoms with van der Waals surface area (Å²) in [4.78, 5) is 27.1. The van der Waals surface area contributed by atoms with E-state index in [-0.39, 0.29) is 45.7 Å². The topological polar surface area (TPSA) is 102 Å². The third-order valence-electron chi connectivity index (χ3n) is 7.62. The third kappa shape index (κ3) is 5.05. The van der Waals surface area contributed by atoms with Gasteiger partial charge in [-0.1, -0.05) is 50.2 Å². The second kappa shape index (κ2) is 11.6. The third-order valence-corrected chi connectivity index (χ3v) is 7.91. The minimum Gasteiger partial charge on any atom is -0.507 e. The van der Waals surface area contributed by atoms with Crippen molar-refractivity contribution < 1.29 is 24.1 Å². The van der Waals surface area contributed by atoms with Gasteiger partial charge in [0, 0.05) is 25.7 Å². The number of phenols is 1. The monoisotopic (exact) mass is 593 g/mol. The fourth-order valence-electron chi connectivity index (χ4n) is 5.58. The number of halogens is 2. The van der Waals surface area contributed by atoms with Crippen molar-refractivity contribution in [1.29, 1.82) is 0 Å². The summed E-state index contributed by atoms with van der Waals surface area (Å²) in [6.07, 6.45) is -0.141. The Balaban J connectivity index is 1.74. The zero-order valence-electron chi connectivity index (χ0n) is 23.9. The summed E-state index contributed by atoms with van der Waals surface area (Å²) in [6, 6.07) is 11.0. The summed E-state index contributed by atoms with van der Waals surface area (Å²) < 4.78 is 20.8. The molecule has 0 spiro atoms. The first kappa shape index (κ1) is 29.3. The lowest BCUT2D eigenvalue weighted by Gasteiger charge is -2.44. The van der Waals surface area contributed by atoms with E-state index in [0.29, 0.717) is 42.5 Å². The lowest BCUT2D eigenvalue weighted by molar-refractivity contribution is -0.128. The number of amides is 1. The van der Waals surface area contributed by atoms with Crippen LogP contribution in [0, 0.1) is 5.82 Å². The lowest BCUT2D eigenvalue weighted by atomic mass is 9.98. The molecule has 1 aromatic heterocycles. The fraction of sp³-hybridized carbons (Fsp3) is 0.323. The normalized spacial score (nSPS) is 18.6. The van der Waals surface area contributed by atoms with E-state index in [1.807, 2.05) is 37.8 Å². The maximum atomic E-state index is 15.1. The maximum Gasteiger partial charge on any atom is 0.246 e. The molecule has 1 unspecified atom stereocenters. The van der Waals surface area contributed by atoms with Crippen LogP contribution in [-0.4, -0.2) is 75.9 Å². The number of carbonyl (C=O) groups excluding carboxylic acids is 1. The van der Waals surface area contributed by atoms with Crippen LogP contribution in [0.15, 0.2) is 60.1 Å². The predicted octanol–water partition coefficient (Wildman–Crippen LogP) is 5.27. The van der Waals surface area contributed by atoms with Crippen molar-refractivity contribution in [3.63, 3.8) is 0 Å². The summed E-state index contributed by atoms with van der Waals surface area (Å²) >= 11 is 6.75. The van der Waals surface area contributed by atoms with Crippen molar-refractivity contribution in [1.82, 2.24) is 14.8 Å². The SMILES string of the molecule is C=CC(=O)N1CCN(C2=NC(O)N(c3c(OC)cccc3C(C)C)c3nc(-c4c(O)cccc4F)c(Cl)cc32)[C@@H](C)C1. The summed E-state index contributed by atoms with van der Waals surface area (Å²) in [7, 11) is 1.54. The molecule has 0 bridgehead atoms. The van der Waals surface area contributed by atoms with E-state index >= 15 is 4.39 Å². The second-order valence-electron chi connectivity index (χ2n) is 10.6. The van der Waals surface area contributed by atoms with Crippen LogP contribution >= 0.6 is 11.6 Å². The van der Waals surface area contributed by atoms with E-state index in [1.165, 1.54) is 24.3 Å². The van der Waals surface area contributed by atoms with Gasteiger partial charge in [0.05, 0.1) is 34.6 Å². The van der Waals surface area contributed by atoms with Gasteiger partial charge in [-0.2, -0.15) is 0 Å². The summed E-state index contributed by atoms with van der Waals surface area (Å²) in [5, 5.41) is 22.4. The van der Waals surface area contributed by atoms with Crippen molar-refractivity contribution >= 4 is 34.8 Å². The van der Waals surface area contributed by atoms with E-state index in [1.54, 1.807) is 29.0 Å². The van der Waals surface area contributed by atoms with Crippen LogP contribution in [0.1, 0.15) is 37.8 Å². The Hall–Kier alpha value is -4.15. The molecule has 2 aliphatic rings. The number of ether oxygens (including phenoxy) is 1. The van der Waals surface area contributed by atoms with Gasteiger partial charge in [-0.25, -0.2) is 14.4 Å². The number of methoxy groups -OCH3 is 1. The van der Waals surface area contributed by atoms with Crippen LogP contribution in [0.3, 0.4) is 0 Å². The Morgan fingerprint density at radius 2 is 1.98 bits per heavy atom. The number of carbonyl (C=O) groups is 1. The molecule has 2 aliphatic heterocycles. The highest BCUT2D eigenvalue weighted by atomic mass is 35.5. The number of nitrogens with zero attached hydrogens (tertiary/aromatic N) is 5.